The Bertz CT molecular complexity index is 440. The summed E-state index contributed by atoms with van der Waals surface area (Å²) >= 11 is 0. The van der Waals surface area contributed by atoms with E-state index in [1.165, 1.54) is 6.42 Å². The molecule has 1 fully saturated rings. The number of carboxylic acid groups (broad SMARTS) is 1. The lowest BCUT2D eigenvalue weighted by atomic mass is 10.0. The molecular weight excluding hydrogens is 226 g/mol. The summed E-state index contributed by atoms with van der Waals surface area (Å²) in [6.45, 7) is 6.36. The van der Waals surface area contributed by atoms with Crippen molar-refractivity contribution in [3.63, 3.8) is 0 Å². The van der Waals surface area contributed by atoms with E-state index in [0.717, 1.165) is 30.1 Å². The molecule has 18 heavy (non-hydrogen) atoms. The van der Waals surface area contributed by atoms with Gasteiger partial charge in [0.05, 0.1) is 6.42 Å². The Morgan fingerprint density at radius 1 is 1.39 bits per heavy atom. The molecule has 1 aromatic rings. The van der Waals surface area contributed by atoms with Crippen LogP contribution in [0.25, 0.3) is 0 Å². The van der Waals surface area contributed by atoms with E-state index in [0.29, 0.717) is 5.41 Å². The highest BCUT2D eigenvalue weighted by Gasteiger charge is 2.44. The molecule has 1 aliphatic rings. The maximum Gasteiger partial charge on any atom is 0.307 e. The number of hydrogen-bond donors (Lipinski definition) is 2. The zero-order valence-corrected chi connectivity index (χ0v) is 11.1. The van der Waals surface area contributed by atoms with Crippen molar-refractivity contribution in [1.82, 2.24) is 5.32 Å². The average Bonchev–Trinajstić information content (AvgIpc) is 2.88. The monoisotopic (exact) mass is 247 g/mol. The van der Waals surface area contributed by atoms with Crippen LogP contribution >= 0.6 is 0 Å². The van der Waals surface area contributed by atoms with Crippen LogP contribution in [-0.4, -0.2) is 17.6 Å². The maximum absolute atomic E-state index is 10.8. The lowest BCUT2D eigenvalue weighted by Gasteiger charge is -2.10. The third kappa shape index (κ3) is 3.33. The second-order valence-electron chi connectivity index (χ2n) is 5.86. The number of hydrogen-bond acceptors (Lipinski definition) is 2. The fourth-order valence-corrected chi connectivity index (χ4v) is 2.37. The van der Waals surface area contributed by atoms with Gasteiger partial charge in [0.15, 0.2) is 0 Å². The Kier molecular flexibility index (Phi) is 3.71. The van der Waals surface area contributed by atoms with E-state index >= 15 is 0 Å². The third-order valence-electron chi connectivity index (χ3n) is 3.88. The van der Waals surface area contributed by atoms with Gasteiger partial charge in [0, 0.05) is 6.54 Å². The molecule has 0 aliphatic heterocycles. The molecule has 1 unspecified atom stereocenters. The molecule has 3 heteroatoms. The minimum atomic E-state index is -0.772. The van der Waals surface area contributed by atoms with E-state index in [-0.39, 0.29) is 6.42 Å². The van der Waals surface area contributed by atoms with Crippen molar-refractivity contribution in [2.24, 2.45) is 11.3 Å². The third-order valence-corrected chi connectivity index (χ3v) is 3.88. The fourth-order valence-electron chi connectivity index (χ4n) is 2.37. The Morgan fingerprint density at radius 3 is 2.56 bits per heavy atom. The zero-order valence-electron chi connectivity index (χ0n) is 11.1. The molecule has 0 spiro atoms. The van der Waals surface area contributed by atoms with E-state index in [9.17, 15) is 4.79 Å². The lowest BCUT2D eigenvalue weighted by Crippen LogP contribution is -2.19. The SMILES string of the molecule is CC1(C)CC1CNCc1ccccc1CC(=O)O. The fraction of sp³-hybridized carbons (Fsp3) is 0.533. The van der Waals surface area contributed by atoms with Crippen LogP contribution < -0.4 is 5.32 Å². The van der Waals surface area contributed by atoms with E-state index in [1.54, 1.807) is 0 Å². The van der Waals surface area contributed by atoms with Crippen LogP contribution in [0.15, 0.2) is 24.3 Å². The number of nitrogens with one attached hydrogen (secondary N) is 1. The summed E-state index contributed by atoms with van der Waals surface area (Å²) in [6.07, 6.45) is 1.39. The number of benzene rings is 1. The number of rotatable bonds is 6. The quantitative estimate of drug-likeness (QED) is 0.811. The Balaban J connectivity index is 1.87. The van der Waals surface area contributed by atoms with Crippen LogP contribution in [-0.2, 0) is 17.8 Å². The van der Waals surface area contributed by atoms with Crippen LogP contribution in [0, 0.1) is 11.3 Å². The first-order chi connectivity index (χ1) is 8.49. The van der Waals surface area contributed by atoms with Gasteiger partial charge in [-0.05, 0) is 35.4 Å². The van der Waals surface area contributed by atoms with Crippen molar-refractivity contribution in [3.8, 4) is 0 Å². The van der Waals surface area contributed by atoms with E-state index in [2.05, 4.69) is 19.2 Å². The Hall–Kier alpha value is -1.35. The summed E-state index contributed by atoms with van der Waals surface area (Å²) in [7, 11) is 0. The van der Waals surface area contributed by atoms with Gasteiger partial charge in [0.2, 0.25) is 0 Å². The molecule has 1 aromatic carbocycles. The first-order valence-corrected chi connectivity index (χ1v) is 6.48. The van der Waals surface area contributed by atoms with Gasteiger partial charge >= 0.3 is 5.97 Å². The summed E-state index contributed by atoms with van der Waals surface area (Å²) in [5.74, 6) is -0.00471. The molecule has 2 rings (SSSR count). The van der Waals surface area contributed by atoms with Crippen LogP contribution in [0.3, 0.4) is 0 Å². The first-order valence-electron chi connectivity index (χ1n) is 6.48. The summed E-state index contributed by atoms with van der Waals surface area (Å²) in [4.78, 5) is 10.8. The standard InChI is InChI=1S/C15H21NO2/c1-15(2)8-13(15)10-16-9-12-6-4-3-5-11(12)7-14(17)18/h3-6,13,16H,7-10H2,1-2H3,(H,17,18). The molecular formula is C15H21NO2. The van der Waals surface area contributed by atoms with Crippen molar-refractivity contribution in [2.75, 3.05) is 6.54 Å². The van der Waals surface area contributed by atoms with Gasteiger partial charge in [0.1, 0.15) is 0 Å². The maximum atomic E-state index is 10.8. The molecule has 0 bridgehead atoms. The number of carboxylic acids is 1. The first kappa shape index (κ1) is 13.1. The van der Waals surface area contributed by atoms with Crippen LogP contribution in [0.5, 0.6) is 0 Å². The van der Waals surface area contributed by atoms with E-state index < -0.39 is 5.97 Å². The summed E-state index contributed by atoms with van der Waals surface area (Å²) < 4.78 is 0. The Morgan fingerprint density at radius 2 is 2.00 bits per heavy atom. The highest BCUT2D eigenvalue weighted by molar-refractivity contribution is 5.70. The highest BCUT2D eigenvalue weighted by Crippen LogP contribution is 2.50. The average molecular weight is 247 g/mol. The lowest BCUT2D eigenvalue weighted by molar-refractivity contribution is -0.136. The van der Waals surface area contributed by atoms with Crippen molar-refractivity contribution in [1.29, 1.82) is 0 Å². The van der Waals surface area contributed by atoms with Crippen molar-refractivity contribution < 1.29 is 9.90 Å². The molecule has 1 saturated carbocycles. The van der Waals surface area contributed by atoms with Gasteiger partial charge in [0.25, 0.3) is 0 Å². The molecule has 0 radical (unpaired) electrons. The second-order valence-corrected chi connectivity index (χ2v) is 5.86. The second kappa shape index (κ2) is 5.11. The van der Waals surface area contributed by atoms with Gasteiger partial charge in [-0.1, -0.05) is 38.1 Å². The zero-order chi connectivity index (χ0) is 13.2. The molecule has 3 nitrogen and oxygen atoms in total. The highest BCUT2D eigenvalue weighted by atomic mass is 16.4. The molecule has 0 aromatic heterocycles. The van der Waals surface area contributed by atoms with E-state index in [1.807, 2.05) is 24.3 Å². The molecule has 0 heterocycles. The molecule has 1 atom stereocenters. The van der Waals surface area contributed by atoms with Crippen molar-refractivity contribution in [3.05, 3.63) is 35.4 Å². The number of aliphatic carboxylic acids is 1. The molecule has 2 N–H and O–H groups in total. The molecule has 0 saturated heterocycles. The van der Waals surface area contributed by atoms with Crippen LogP contribution in [0.1, 0.15) is 31.4 Å². The van der Waals surface area contributed by atoms with Gasteiger partial charge in [-0.25, -0.2) is 0 Å². The summed E-state index contributed by atoms with van der Waals surface area (Å²) in [5.41, 5.74) is 2.50. The molecule has 0 amide bonds. The minimum absolute atomic E-state index is 0.104. The van der Waals surface area contributed by atoms with Gasteiger partial charge in [-0.15, -0.1) is 0 Å². The number of carbonyl (C=O) groups is 1. The van der Waals surface area contributed by atoms with Gasteiger partial charge < -0.3 is 10.4 Å². The van der Waals surface area contributed by atoms with Crippen molar-refractivity contribution in [2.45, 2.75) is 33.2 Å². The van der Waals surface area contributed by atoms with Gasteiger partial charge in [-0.2, -0.15) is 0 Å². The Labute approximate surface area is 108 Å². The predicted octanol–water partition coefficient (Wildman–Crippen LogP) is 2.45. The minimum Gasteiger partial charge on any atom is -0.481 e. The topological polar surface area (TPSA) is 49.3 Å². The predicted molar refractivity (Wildman–Crippen MR) is 71.4 cm³/mol. The van der Waals surface area contributed by atoms with Crippen molar-refractivity contribution >= 4 is 5.97 Å². The smallest absolute Gasteiger partial charge is 0.307 e. The summed E-state index contributed by atoms with van der Waals surface area (Å²) in [6, 6.07) is 7.75. The molecule has 1 aliphatic carbocycles. The normalized spacial score (nSPS) is 20.7. The molecule has 98 valence electrons. The van der Waals surface area contributed by atoms with E-state index in [4.69, 9.17) is 5.11 Å². The van der Waals surface area contributed by atoms with Gasteiger partial charge in [-0.3, -0.25) is 4.79 Å². The summed E-state index contributed by atoms with van der Waals surface area (Å²) in [5, 5.41) is 12.3. The van der Waals surface area contributed by atoms with Crippen LogP contribution in [0.2, 0.25) is 0 Å². The van der Waals surface area contributed by atoms with Crippen LogP contribution in [0.4, 0.5) is 0 Å². The largest absolute Gasteiger partial charge is 0.481 e.